The summed E-state index contributed by atoms with van der Waals surface area (Å²) in [4.78, 5) is 34.7. The SMILES string of the molecule is CCOC1(C(=O)Nc2ccc(C(=O)NCC(=O)O)cc2)CCCC1. The molecule has 0 heterocycles. The van der Waals surface area contributed by atoms with Gasteiger partial charge in [0, 0.05) is 17.9 Å². The predicted octanol–water partition coefficient (Wildman–Crippen LogP) is 1.79. The van der Waals surface area contributed by atoms with Crippen LogP contribution in [0.2, 0.25) is 0 Å². The maximum atomic E-state index is 12.5. The number of benzene rings is 1. The third-order valence-electron chi connectivity index (χ3n) is 4.05. The average Bonchev–Trinajstić information content (AvgIpc) is 3.03. The Bertz CT molecular complexity index is 606. The molecule has 0 spiro atoms. The van der Waals surface area contributed by atoms with E-state index >= 15 is 0 Å². The van der Waals surface area contributed by atoms with Gasteiger partial charge in [0.15, 0.2) is 0 Å². The Morgan fingerprint density at radius 3 is 2.33 bits per heavy atom. The van der Waals surface area contributed by atoms with E-state index in [1.165, 1.54) is 12.1 Å². The number of nitrogens with one attached hydrogen (secondary N) is 2. The lowest BCUT2D eigenvalue weighted by Crippen LogP contribution is -2.43. The Hall–Kier alpha value is -2.41. The van der Waals surface area contributed by atoms with Crippen LogP contribution in [-0.4, -0.2) is 41.6 Å². The number of carboxylic acids is 1. The van der Waals surface area contributed by atoms with E-state index in [0.717, 1.165) is 12.8 Å². The van der Waals surface area contributed by atoms with Gasteiger partial charge in [0.05, 0.1) is 0 Å². The monoisotopic (exact) mass is 334 g/mol. The highest BCUT2D eigenvalue weighted by atomic mass is 16.5. The van der Waals surface area contributed by atoms with E-state index in [1.807, 2.05) is 6.92 Å². The maximum Gasteiger partial charge on any atom is 0.322 e. The van der Waals surface area contributed by atoms with Crippen molar-refractivity contribution >= 4 is 23.5 Å². The first kappa shape index (κ1) is 17.9. The van der Waals surface area contributed by atoms with E-state index in [9.17, 15) is 14.4 Å². The topological polar surface area (TPSA) is 105 Å². The van der Waals surface area contributed by atoms with Gasteiger partial charge < -0.3 is 20.5 Å². The Kier molecular flexibility index (Phi) is 5.92. The molecule has 2 amide bonds. The number of hydrogen-bond donors (Lipinski definition) is 3. The molecule has 0 atom stereocenters. The van der Waals surface area contributed by atoms with E-state index in [4.69, 9.17) is 9.84 Å². The van der Waals surface area contributed by atoms with Crippen LogP contribution in [0.5, 0.6) is 0 Å². The number of carbonyl (C=O) groups excluding carboxylic acids is 2. The van der Waals surface area contributed by atoms with Crippen molar-refractivity contribution in [2.24, 2.45) is 0 Å². The normalized spacial score (nSPS) is 15.7. The molecule has 1 aromatic carbocycles. The zero-order valence-corrected chi connectivity index (χ0v) is 13.6. The summed E-state index contributed by atoms with van der Waals surface area (Å²) in [5.74, 6) is -1.74. The minimum Gasteiger partial charge on any atom is -0.480 e. The second-order valence-electron chi connectivity index (χ2n) is 5.74. The van der Waals surface area contributed by atoms with Crippen molar-refractivity contribution in [1.82, 2.24) is 5.32 Å². The number of hydrogen-bond acceptors (Lipinski definition) is 4. The van der Waals surface area contributed by atoms with Crippen LogP contribution >= 0.6 is 0 Å². The first-order valence-corrected chi connectivity index (χ1v) is 8.02. The molecule has 0 saturated heterocycles. The lowest BCUT2D eigenvalue weighted by atomic mass is 10.0. The fraction of sp³-hybridized carbons (Fsp3) is 0.471. The Labute approximate surface area is 140 Å². The molecule has 0 unspecified atom stereocenters. The first-order valence-electron chi connectivity index (χ1n) is 8.02. The summed E-state index contributed by atoms with van der Waals surface area (Å²) < 4.78 is 5.71. The van der Waals surface area contributed by atoms with Crippen molar-refractivity contribution in [1.29, 1.82) is 0 Å². The van der Waals surface area contributed by atoms with Gasteiger partial charge in [-0.05, 0) is 56.9 Å². The highest BCUT2D eigenvalue weighted by Gasteiger charge is 2.41. The summed E-state index contributed by atoms with van der Waals surface area (Å²) in [5, 5.41) is 13.7. The smallest absolute Gasteiger partial charge is 0.322 e. The molecule has 7 nitrogen and oxygen atoms in total. The van der Waals surface area contributed by atoms with Crippen molar-refractivity contribution in [3.8, 4) is 0 Å². The van der Waals surface area contributed by atoms with Crippen LogP contribution in [0.4, 0.5) is 5.69 Å². The second kappa shape index (κ2) is 7.92. The van der Waals surface area contributed by atoms with Gasteiger partial charge in [0.25, 0.3) is 11.8 Å². The van der Waals surface area contributed by atoms with Crippen molar-refractivity contribution in [3.63, 3.8) is 0 Å². The molecule has 24 heavy (non-hydrogen) atoms. The standard InChI is InChI=1S/C17H22N2O5/c1-2-24-17(9-3-4-10-17)16(23)19-13-7-5-12(6-8-13)15(22)18-11-14(20)21/h5-8H,2-4,9-11H2,1H3,(H,18,22)(H,19,23)(H,20,21). The molecule has 1 aliphatic carbocycles. The van der Waals surface area contributed by atoms with Crippen molar-refractivity contribution in [2.45, 2.75) is 38.2 Å². The third kappa shape index (κ3) is 4.32. The molecular formula is C17H22N2O5. The van der Waals surface area contributed by atoms with E-state index < -0.39 is 24.0 Å². The zero-order valence-electron chi connectivity index (χ0n) is 13.6. The molecule has 130 valence electrons. The van der Waals surface area contributed by atoms with E-state index in [0.29, 0.717) is 30.7 Å². The number of amides is 2. The molecule has 1 fully saturated rings. The van der Waals surface area contributed by atoms with Gasteiger partial charge in [0.2, 0.25) is 0 Å². The molecule has 1 saturated carbocycles. The number of anilines is 1. The largest absolute Gasteiger partial charge is 0.480 e. The van der Waals surface area contributed by atoms with Crippen molar-refractivity contribution < 1.29 is 24.2 Å². The van der Waals surface area contributed by atoms with Crippen LogP contribution in [0.1, 0.15) is 43.0 Å². The first-order chi connectivity index (χ1) is 11.5. The van der Waals surface area contributed by atoms with Crippen molar-refractivity contribution in [2.75, 3.05) is 18.5 Å². The van der Waals surface area contributed by atoms with Gasteiger partial charge in [-0.25, -0.2) is 0 Å². The molecule has 0 bridgehead atoms. The predicted molar refractivity (Wildman–Crippen MR) is 87.9 cm³/mol. The number of carbonyl (C=O) groups is 3. The van der Waals surface area contributed by atoms with Gasteiger partial charge in [-0.15, -0.1) is 0 Å². The van der Waals surface area contributed by atoms with Crippen LogP contribution in [0.3, 0.4) is 0 Å². The molecule has 1 aromatic rings. The minimum absolute atomic E-state index is 0.162. The number of rotatable bonds is 7. The van der Waals surface area contributed by atoms with E-state index in [2.05, 4.69) is 10.6 Å². The summed E-state index contributed by atoms with van der Waals surface area (Å²) in [6.45, 7) is 1.92. The molecule has 3 N–H and O–H groups in total. The molecule has 7 heteroatoms. The number of ether oxygens (including phenoxy) is 1. The number of carboxylic acid groups (broad SMARTS) is 1. The van der Waals surface area contributed by atoms with Gasteiger partial charge in [-0.2, -0.15) is 0 Å². The molecular weight excluding hydrogens is 312 g/mol. The third-order valence-corrected chi connectivity index (χ3v) is 4.05. The van der Waals surface area contributed by atoms with Crippen LogP contribution in [-0.2, 0) is 14.3 Å². The maximum absolute atomic E-state index is 12.5. The second-order valence-corrected chi connectivity index (χ2v) is 5.74. The highest BCUT2D eigenvalue weighted by molar-refractivity contribution is 5.99. The average molecular weight is 334 g/mol. The minimum atomic E-state index is -1.11. The summed E-state index contributed by atoms with van der Waals surface area (Å²) in [6, 6.07) is 6.30. The van der Waals surface area contributed by atoms with Gasteiger partial charge in [-0.3, -0.25) is 14.4 Å². The fourth-order valence-electron chi connectivity index (χ4n) is 2.87. The molecule has 1 aliphatic rings. The molecule has 0 aromatic heterocycles. The van der Waals surface area contributed by atoms with Crippen LogP contribution in [0.25, 0.3) is 0 Å². The van der Waals surface area contributed by atoms with Gasteiger partial charge in [-0.1, -0.05) is 0 Å². The summed E-state index contributed by atoms with van der Waals surface area (Å²) in [6.07, 6.45) is 3.36. The van der Waals surface area contributed by atoms with Crippen molar-refractivity contribution in [3.05, 3.63) is 29.8 Å². The van der Waals surface area contributed by atoms with Gasteiger partial charge in [0.1, 0.15) is 12.1 Å². The van der Waals surface area contributed by atoms with Crippen LogP contribution in [0, 0.1) is 0 Å². The number of aliphatic carboxylic acids is 1. The molecule has 0 aliphatic heterocycles. The zero-order chi connectivity index (χ0) is 17.6. The van der Waals surface area contributed by atoms with Gasteiger partial charge >= 0.3 is 5.97 Å². The molecule has 0 radical (unpaired) electrons. The van der Waals surface area contributed by atoms with Crippen LogP contribution < -0.4 is 10.6 Å². The van der Waals surface area contributed by atoms with E-state index in [1.54, 1.807) is 12.1 Å². The van der Waals surface area contributed by atoms with E-state index in [-0.39, 0.29) is 5.91 Å². The Balaban J connectivity index is 1.99. The highest BCUT2D eigenvalue weighted by Crippen LogP contribution is 2.34. The summed E-state index contributed by atoms with van der Waals surface area (Å²) in [5.41, 5.74) is 0.141. The lowest BCUT2D eigenvalue weighted by molar-refractivity contribution is -0.140. The summed E-state index contributed by atoms with van der Waals surface area (Å²) in [7, 11) is 0. The molecule has 2 rings (SSSR count). The lowest BCUT2D eigenvalue weighted by Gasteiger charge is -2.27. The Morgan fingerprint density at radius 1 is 1.17 bits per heavy atom. The summed E-state index contributed by atoms with van der Waals surface area (Å²) >= 11 is 0. The van der Waals surface area contributed by atoms with Crippen LogP contribution in [0.15, 0.2) is 24.3 Å². The Morgan fingerprint density at radius 2 is 1.79 bits per heavy atom. The quantitative estimate of drug-likeness (QED) is 0.705. The fourth-order valence-corrected chi connectivity index (χ4v) is 2.87.